The molecule has 1 aliphatic heterocycles. The molecule has 4 rings (SSSR count). The van der Waals surface area contributed by atoms with Crippen LogP contribution in [0.4, 0.5) is 5.95 Å². The van der Waals surface area contributed by atoms with Crippen LogP contribution in [-0.2, 0) is 0 Å². The van der Waals surface area contributed by atoms with E-state index in [0.29, 0.717) is 18.2 Å². The average molecular weight is 424 g/mol. The Bertz CT molecular complexity index is 1070. The van der Waals surface area contributed by atoms with Crippen LogP contribution in [0.5, 0.6) is 0 Å². The lowest BCUT2D eigenvalue weighted by Gasteiger charge is -2.39. The van der Waals surface area contributed by atoms with E-state index in [1.807, 2.05) is 50.2 Å². The van der Waals surface area contributed by atoms with Gasteiger partial charge in [-0.25, -0.2) is 4.98 Å². The number of rotatable bonds is 4. The molecule has 2 atom stereocenters. The predicted octanol–water partition coefficient (Wildman–Crippen LogP) is 4.08. The second kappa shape index (κ2) is 8.58. The van der Waals surface area contributed by atoms with Crippen LogP contribution in [-0.4, -0.2) is 33.7 Å². The van der Waals surface area contributed by atoms with E-state index in [0.717, 1.165) is 17.1 Å². The minimum atomic E-state index is -0.0453. The SMILES string of the molecule is CC1CN(c2nc(-c3ccncc3)cc(=O)n2C(C)C)CC(c2ccc(Cl)cc2)N1. The molecule has 2 unspecified atom stereocenters. The number of hydrogen-bond donors (Lipinski definition) is 1. The van der Waals surface area contributed by atoms with Crippen molar-refractivity contribution < 1.29 is 0 Å². The van der Waals surface area contributed by atoms with Crippen LogP contribution in [0.15, 0.2) is 59.7 Å². The molecular weight excluding hydrogens is 398 g/mol. The number of anilines is 1. The standard InChI is InChI=1S/C23H26ClN5O/c1-15(2)29-22(30)12-20(18-8-10-25-11-9-18)27-23(29)28-13-16(3)26-21(14-28)17-4-6-19(24)7-5-17/h4-12,15-16,21,26H,13-14H2,1-3H3. The third kappa shape index (κ3) is 4.25. The number of benzene rings is 1. The van der Waals surface area contributed by atoms with E-state index < -0.39 is 0 Å². The van der Waals surface area contributed by atoms with Crippen LogP contribution >= 0.6 is 11.6 Å². The summed E-state index contributed by atoms with van der Waals surface area (Å²) in [5.74, 6) is 0.705. The summed E-state index contributed by atoms with van der Waals surface area (Å²) < 4.78 is 1.78. The van der Waals surface area contributed by atoms with E-state index >= 15 is 0 Å². The molecule has 0 aliphatic carbocycles. The van der Waals surface area contributed by atoms with Crippen molar-refractivity contribution in [2.45, 2.75) is 38.9 Å². The van der Waals surface area contributed by atoms with Gasteiger partial charge in [-0.1, -0.05) is 23.7 Å². The van der Waals surface area contributed by atoms with Crippen LogP contribution in [0.1, 0.15) is 38.4 Å². The second-order valence-corrected chi connectivity index (χ2v) is 8.49. The fraction of sp³-hybridized carbons (Fsp3) is 0.348. The van der Waals surface area contributed by atoms with Crippen molar-refractivity contribution in [3.05, 3.63) is 75.8 Å². The summed E-state index contributed by atoms with van der Waals surface area (Å²) in [7, 11) is 0. The summed E-state index contributed by atoms with van der Waals surface area (Å²) >= 11 is 6.07. The molecule has 1 aromatic carbocycles. The lowest BCUT2D eigenvalue weighted by Crippen LogP contribution is -2.52. The number of nitrogens with one attached hydrogen (secondary N) is 1. The monoisotopic (exact) mass is 423 g/mol. The molecule has 1 fully saturated rings. The Morgan fingerprint density at radius 3 is 2.47 bits per heavy atom. The molecule has 0 radical (unpaired) electrons. The van der Waals surface area contributed by atoms with Gasteiger partial charge in [-0.3, -0.25) is 14.3 Å². The second-order valence-electron chi connectivity index (χ2n) is 8.06. The van der Waals surface area contributed by atoms with Crippen molar-refractivity contribution in [2.75, 3.05) is 18.0 Å². The summed E-state index contributed by atoms with van der Waals surface area (Å²) in [6, 6.07) is 13.6. The summed E-state index contributed by atoms with van der Waals surface area (Å²) in [5.41, 5.74) is 2.68. The van der Waals surface area contributed by atoms with Gasteiger partial charge in [0.15, 0.2) is 0 Å². The van der Waals surface area contributed by atoms with Gasteiger partial charge in [0.1, 0.15) is 0 Å². The van der Waals surface area contributed by atoms with Crippen molar-refractivity contribution in [2.24, 2.45) is 0 Å². The summed E-state index contributed by atoms with van der Waals surface area (Å²) in [6.45, 7) is 7.66. The molecule has 0 bridgehead atoms. The minimum Gasteiger partial charge on any atom is -0.339 e. The highest BCUT2D eigenvalue weighted by Gasteiger charge is 2.28. The molecule has 6 nitrogen and oxygen atoms in total. The van der Waals surface area contributed by atoms with Gasteiger partial charge in [-0.05, 0) is 50.6 Å². The number of aromatic nitrogens is 3. The zero-order chi connectivity index (χ0) is 21.3. The summed E-state index contributed by atoms with van der Waals surface area (Å²) in [6.07, 6.45) is 3.43. The Morgan fingerprint density at radius 1 is 1.10 bits per heavy atom. The van der Waals surface area contributed by atoms with Gasteiger partial charge in [-0.2, -0.15) is 0 Å². The van der Waals surface area contributed by atoms with E-state index in [1.165, 1.54) is 5.56 Å². The van der Waals surface area contributed by atoms with Crippen molar-refractivity contribution in [1.29, 1.82) is 0 Å². The highest BCUT2D eigenvalue weighted by molar-refractivity contribution is 6.30. The van der Waals surface area contributed by atoms with Gasteiger partial charge in [0.25, 0.3) is 5.56 Å². The summed E-state index contributed by atoms with van der Waals surface area (Å²) in [5, 5.41) is 4.38. The molecule has 3 aromatic rings. The highest BCUT2D eigenvalue weighted by Crippen LogP contribution is 2.27. The minimum absolute atomic E-state index is 0.00524. The van der Waals surface area contributed by atoms with Crippen molar-refractivity contribution in [1.82, 2.24) is 19.9 Å². The first kappa shape index (κ1) is 20.6. The van der Waals surface area contributed by atoms with Crippen molar-refractivity contribution in [3.8, 4) is 11.3 Å². The average Bonchev–Trinajstić information content (AvgIpc) is 2.73. The number of nitrogens with zero attached hydrogens (tertiary/aromatic N) is 4. The van der Waals surface area contributed by atoms with Crippen LogP contribution in [0.3, 0.4) is 0 Å². The van der Waals surface area contributed by atoms with Crippen LogP contribution < -0.4 is 15.8 Å². The smallest absolute Gasteiger partial charge is 0.255 e. The topological polar surface area (TPSA) is 63.1 Å². The first-order chi connectivity index (χ1) is 14.4. The molecule has 0 amide bonds. The molecule has 156 valence electrons. The third-order valence-corrected chi connectivity index (χ3v) is 5.62. The quantitative estimate of drug-likeness (QED) is 0.685. The van der Waals surface area contributed by atoms with Crippen molar-refractivity contribution in [3.63, 3.8) is 0 Å². The zero-order valence-electron chi connectivity index (χ0n) is 17.4. The molecular formula is C23H26ClN5O. The fourth-order valence-electron chi connectivity index (χ4n) is 3.99. The fourth-order valence-corrected chi connectivity index (χ4v) is 4.12. The van der Waals surface area contributed by atoms with Crippen LogP contribution in [0.2, 0.25) is 5.02 Å². The van der Waals surface area contributed by atoms with E-state index in [1.54, 1.807) is 23.0 Å². The van der Waals surface area contributed by atoms with Crippen molar-refractivity contribution >= 4 is 17.5 Å². The van der Waals surface area contributed by atoms with Crippen LogP contribution in [0, 0.1) is 0 Å². The van der Waals surface area contributed by atoms with E-state index in [4.69, 9.17) is 16.6 Å². The Morgan fingerprint density at radius 2 is 1.80 bits per heavy atom. The molecule has 1 N–H and O–H groups in total. The third-order valence-electron chi connectivity index (χ3n) is 5.36. The van der Waals surface area contributed by atoms with Gasteiger partial charge in [0.2, 0.25) is 5.95 Å². The van der Waals surface area contributed by atoms with Gasteiger partial charge in [0, 0.05) is 54.2 Å². The molecule has 0 saturated carbocycles. The normalized spacial score (nSPS) is 19.3. The Kier molecular flexibility index (Phi) is 5.88. The maximum atomic E-state index is 13.0. The first-order valence-corrected chi connectivity index (χ1v) is 10.6. The molecule has 30 heavy (non-hydrogen) atoms. The lowest BCUT2D eigenvalue weighted by molar-refractivity contribution is 0.385. The maximum absolute atomic E-state index is 13.0. The van der Waals surface area contributed by atoms with E-state index in [-0.39, 0.29) is 23.7 Å². The number of hydrogen-bond acceptors (Lipinski definition) is 5. The molecule has 7 heteroatoms. The molecule has 2 aromatic heterocycles. The predicted molar refractivity (Wildman–Crippen MR) is 121 cm³/mol. The Labute approximate surface area is 181 Å². The Balaban J connectivity index is 1.76. The lowest BCUT2D eigenvalue weighted by atomic mass is 10.0. The number of pyridine rings is 1. The molecule has 1 saturated heterocycles. The van der Waals surface area contributed by atoms with E-state index in [9.17, 15) is 4.79 Å². The Hall–Kier alpha value is -2.70. The molecule has 1 aliphatic rings. The molecule has 0 spiro atoms. The van der Waals surface area contributed by atoms with Gasteiger partial charge in [0.05, 0.1) is 11.7 Å². The van der Waals surface area contributed by atoms with E-state index in [2.05, 4.69) is 22.1 Å². The number of piperazine rings is 1. The van der Waals surface area contributed by atoms with Crippen LogP contribution in [0.25, 0.3) is 11.3 Å². The van der Waals surface area contributed by atoms with Gasteiger partial charge >= 0.3 is 0 Å². The largest absolute Gasteiger partial charge is 0.339 e. The highest BCUT2D eigenvalue weighted by atomic mass is 35.5. The zero-order valence-corrected chi connectivity index (χ0v) is 18.2. The van der Waals surface area contributed by atoms with Gasteiger partial charge < -0.3 is 10.2 Å². The maximum Gasteiger partial charge on any atom is 0.255 e. The summed E-state index contributed by atoms with van der Waals surface area (Å²) in [4.78, 5) is 24.3. The number of halogens is 1. The molecule has 3 heterocycles. The van der Waals surface area contributed by atoms with Gasteiger partial charge in [-0.15, -0.1) is 0 Å². The first-order valence-electron chi connectivity index (χ1n) is 10.2.